The molecule has 0 radical (unpaired) electrons. The zero-order valence-corrected chi connectivity index (χ0v) is 7.86. The fraction of sp³-hybridized carbons (Fsp3) is 0.364. The molecule has 1 aromatic rings. The average Bonchev–Trinajstić information content (AvgIpc) is 2.44. The zero-order chi connectivity index (χ0) is 9.26. The predicted molar refractivity (Wildman–Crippen MR) is 52.5 cm³/mol. The summed E-state index contributed by atoms with van der Waals surface area (Å²) >= 11 is 0. The molecule has 2 rings (SSSR count). The number of ether oxygens (including phenoxy) is 1. The van der Waals surface area contributed by atoms with E-state index in [4.69, 9.17) is 4.74 Å². The molecule has 0 spiro atoms. The van der Waals surface area contributed by atoms with E-state index < -0.39 is 0 Å². The number of rotatable bonds is 2. The Kier molecular flexibility index (Phi) is 2.23. The van der Waals surface area contributed by atoms with Crippen molar-refractivity contribution in [1.29, 1.82) is 0 Å². The lowest BCUT2D eigenvalue weighted by molar-refractivity contribution is 0.192. The highest BCUT2D eigenvalue weighted by molar-refractivity contribution is 5.37. The average molecular weight is 176 g/mol. The number of nitrogens with zero attached hydrogens (tertiary/aromatic N) is 1. The van der Waals surface area contributed by atoms with E-state index in [1.165, 1.54) is 5.56 Å². The molecular formula is C11H14NO-. The van der Waals surface area contributed by atoms with Crippen molar-refractivity contribution >= 4 is 0 Å². The Labute approximate surface area is 79.1 Å². The second kappa shape index (κ2) is 3.38. The molecule has 0 aromatic heterocycles. The summed E-state index contributed by atoms with van der Waals surface area (Å²) in [6.07, 6.45) is 1.29. The number of para-hydroxylation sites is 1. The minimum absolute atomic E-state index is 0.278. The van der Waals surface area contributed by atoms with E-state index in [1.807, 2.05) is 24.1 Å². The van der Waals surface area contributed by atoms with Crippen molar-refractivity contribution in [2.45, 2.75) is 12.5 Å². The Morgan fingerprint density at radius 1 is 1.54 bits per heavy atom. The van der Waals surface area contributed by atoms with Crippen molar-refractivity contribution in [3.05, 3.63) is 36.9 Å². The second-order valence-corrected chi connectivity index (χ2v) is 3.59. The van der Waals surface area contributed by atoms with Gasteiger partial charge in [0.05, 0.1) is 0 Å². The molecule has 0 amide bonds. The third-order valence-electron chi connectivity index (χ3n) is 2.23. The maximum Gasteiger partial charge on any atom is 0.123 e. The van der Waals surface area contributed by atoms with E-state index in [0.717, 1.165) is 18.7 Å². The molecule has 1 atom stereocenters. The summed E-state index contributed by atoms with van der Waals surface area (Å²) in [4.78, 5) is 1.91. The topological polar surface area (TPSA) is 12.5 Å². The quantitative estimate of drug-likeness (QED) is 0.636. The van der Waals surface area contributed by atoms with Crippen LogP contribution in [0.25, 0.3) is 0 Å². The second-order valence-electron chi connectivity index (χ2n) is 3.59. The van der Waals surface area contributed by atoms with Crippen LogP contribution in [0.2, 0.25) is 0 Å². The first-order chi connectivity index (χ1) is 6.25. The summed E-state index contributed by atoms with van der Waals surface area (Å²) in [5, 5.41) is 0. The van der Waals surface area contributed by atoms with E-state index in [-0.39, 0.29) is 6.10 Å². The van der Waals surface area contributed by atoms with Crippen molar-refractivity contribution in [1.82, 2.24) is 4.90 Å². The van der Waals surface area contributed by atoms with Gasteiger partial charge in [0.25, 0.3) is 0 Å². The van der Waals surface area contributed by atoms with Crippen LogP contribution in [0.5, 0.6) is 5.75 Å². The van der Waals surface area contributed by atoms with Crippen molar-refractivity contribution in [2.75, 3.05) is 13.6 Å². The lowest BCUT2D eigenvalue weighted by atomic mass is 10.1. The standard InChI is InChI=1S/C11H14NO/c1-12(2)8-10-7-9-5-3-4-6-11(9)13-10/h3-6,10H,1,7-8H2,2H3/q-1. The van der Waals surface area contributed by atoms with E-state index in [2.05, 4.69) is 19.2 Å². The molecule has 1 aliphatic heterocycles. The fourth-order valence-electron chi connectivity index (χ4n) is 1.70. The molecular weight excluding hydrogens is 162 g/mol. The molecule has 0 saturated carbocycles. The molecule has 1 heterocycles. The first kappa shape index (κ1) is 8.57. The summed E-state index contributed by atoms with van der Waals surface area (Å²) in [6.45, 7) is 0.884. The lowest BCUT2D eigenvalue weighted by Gasteiger charge is -2.22. The van der Waals surface area contributed by atoms with Gasteiger partial charge < -0.3 is 9.64 Å². The van der Waals surface area contributed by atoms with Crippen molar-refractivity contribution in [2.24, 2.45) is 0 Å². The van der Waals surface area contributed by atoms with Gasteiger partial charge in [0.2, 0.25) is 0 Å². The van der Waals surface area contributed by atoms with Gasteiger partial charge in [-0.25, -0.2) is 0 Å². The highest BCUT2D eigenvalue weighted by atomic mass is 16.5. The van der Waals surface area contributed by atoms with Gasteiger partial charge in [-0.15, -0.1) is 0 Å². The van der Waals surface area contributed by atoms with Crippen molar-refractivity contribution in [3.8, 4) is 5.75 Å². The number of likely N-dealkylation sites (N-methyl/N-ethyl adjacent to an activating group) is 1. The monoisotopic (exact) mass is 176 g/mol. The molecule has 0 fully saturated rings. The molecule has 1 unspecified atom stereocenters. The SMILES string of the molecule is [CH2-]N(C)CC1Cc2ccccc2O1. The molecule has 2 heteroatoms. The fourth-order valence-corrected chi connectivity index (χ4v) is 1.70. The molecule has 0 saturated heterocycles. The van der Waals surface area contributed by atoms with Gasteiger partial charge in [-0.1, -0.05) is 18.2 Å². The minimum atomic E-state index is 0.278. The number of benzene rings is 1. The molecule has 1 aromatic carbocycles. The molecule has 70 valence electrons. The maximum atomic E-state index is 5.74. The third kappa shape index (κ3) is 1.83. The minimum Gasteiger partial charge on any atom is -0.489 e. The van der Waals surface area contributed by atoms with Crippen molar-refractivity contribution in [3.63, 3.8) is 0 Å². The Morgan fingerprint density at radius 2 is 2.31 bits per heavy atom. The van der Waals surface area contributed by atoms with Gasteiger partial charge >= 0.3 is 0 Å². The van der Waals surface area contributed by atoms with Gasteiger partial charge in [0.1, 0.15) is 11.9 Å². The largest absolute Gasteiger partial charge is 0.489 e. The van der Waals surface area contributed by atoms with Crippen LogP contribution in [0.4, 0.5) is 0 Å². The first-order valence-electron chi connectivity index (χ1n) is 4.52. The zero-order valence-electron chi connectivity index (χ0n) is 7.86. The van der Waals surface area contributed by atoms with E-state index in [0.29, 0.717) is 0 Å². The summed E-state index contributed by atoms with van der Waals surface area (Å²) in [5.41, 5.74) is 1.31. The Morgan fingerprint density at radius 3 is 3.00 bits per heavy atom. The van der Waals surface area contributed by atoms with Crippen LogP contribution >= 0.6 is 0 Å². The molecule has 13 heavy (non-hydrogen) atoms. The Hall–Kier alpha value is -1.02. The van der Waals surface area contributed by atoms with Crippen molar-refractivity contribution < 1.29 is 4.74 Å². The lowest BCUT2D eigenvalue weighted by Crippen LogP contribution is -2.27. The highest BCUT2D eigenvalue weighted by Gasteiger charge is 2.21. The summed E-state index contributed by atoms with van der Waals surface area (Å²) in [5.74, 6) is 1.04. The normalized spacial score (nSPS) is 20.1. The smallest absolute Gasteiger partial charge is 0.123 e. The van der Waals surface area contributed by atoms with E-state index in [9.17, 15) is 0 Å². The predicted octanol–water partition coefficient (Wildman–Crippen LogP) is 1.71. The van der Waals surface area contributed by atoms with E-state index in [1.54, 1.807) is 0 Å². The van der Waals surface area contributed by atoms with E-state index >= 15 is 0 Å². The number of fused-ring (bicyclic) bond motifs is 1. The van der Waals surface area contributed by atoms with Gasteiger partial charge in [0.15, 0.2) is 0 Å². The number of hydrogen-bond acceptors (Lipinski definition) is 2. The highest BCUT2D eigenvalue weighted by Crippen LogP contribution is 2.28. The summed E-state index contributed by atoms with van der Waals surface area (Å²) in [6, 6.07) is 8.21. The Bertz CT molecular complexity index is 271. The summed E-state index contributed by atoms with van der Waals surface area (Å²) < 4.78 is 5.74. The van der Waals surface area contributed by atoms with Gasteiger partial charge in [-0.05, 0) is 18.7 Å². The van der Waals surface area contributed by atoms with Crippen LogP contribution < -0.4 is 4.74 Å². The molecule has 0 bridgehead atoms. The molecule has 1 aliphatic rings. The van der Waals surface area contributed by atoms with Crippen LogP contribution in [0, 0.1) is 7.05 Å². The first-order valence-corrected chi connectivity index (χ1v) is 4.52. The van der Waals surface area contributed by atoms with Crippen LogP contribution in [-0.4, -0.2) is 24.6 Å². The maximum absolute atomic E-state index is 5.74. The van der Waals surface area contributed by atoms with Gasteiger partial charge in [-0.3, -0.25) is 7.05 Å². The van der Waals surface area contributed by atoms with Gasteiger partial charge in [-0.2, -0.15) is 0 Å². The molecule has 0 aliphatic carbocycles. The number of hydrogen-bond donors (Lipinski definition) is 0. The van der Waals surface area contributed by atoms with Crippen LogP contribution in [0.3, 0.4) is 0 Å². The van der Waals surface area contributed by atoms with Crippen LogP contribution in [0.1, 0.15) is 5.56 Å². The van der Waals surface area contributed by atoms with Crippen LogP contribution in [0.15, 0.2) is 24.3 Å². The molecule has 0 N–H and O–H groups in total. The molecule has 2 nitrogen and oxygen atoms in total. The van der Waals surface area contributed by atoms with Gasteiger partial charge in [0, 0.05) is 13.0 Å². The summed E-state index contributed by atoms with van der Waals surface area (Å²) in [7, 11) is 5.78. The third-order valence-corrected chi connectivity index (χ3v) is 2.23. The van der Waals surface area contributed by atoms with Crippen LogP contribution in [-0.2, 0) is 6.42 Å². The Balaban J connectivity index is 2.05.